The third-order valence-corrected chi connectivity index (χ3v) is 4.58. The summed E-state index contributed by atoms with van der Waals surface area (Å²) in [5.41, 5.74) is 1.23. The van der Waals surface area contributed by atoms with Crippen LogP contribution < -0.4 is 5.32 Å². The van der Waals surface area contributed by atoms with Crippen molar-refractivity contribution in [3.63, 3.8) is 0 Å². The molecule has 0 radical (unpaired) electrons. The molecular weight excluding hydrogens is 244 g/mol. The molecule has 2 rings (SSSR count). The van der Waals surface area contributed by atoms with Gasteiger partial charge in [0.05, 0.1) is 0 Å². The molecule has 112 valence electrons. The van der Waals surface area contributed by atoms with Crippen molar-refractivity contribution in [2.45, 2.75) is 52.0 Å². The normalized spacial score (nSPS) is 22.2. The number of likely N-dealkylation sites (tertiary alicyclic amines) is 1. The third-order valence-electron chi connectivity index (χ3n) is 4.58. The number of nitrogens with zero attached hydrogens (tertiary/aromatic N) is 1. The Morgan fingerprint density at radius 1 is 1.20 bits per heavy atom. The molecule has 1 aliphatic rings. The van der Waals surface area contributed by atoms with E-state index in [1.807, 2.05) is 0 Å². The van der Waals surface area contributed by atoms with Crippen molar-refractivity contribution in [3.05, 3.63) is 30.3 Å². The van der Waals surface area contributed by atoms with E-state index in [0.29, 0.717) is 6.04 Å². The van der Waals surface area contributed by atoms with Crippen LogP contribution in [0.4, 0.5) is 5.69 Å². The van der Waals surface area contributed by atoms with Crippen LogP contribution >= 0.6 is 0 Å². The Morgan fingerprint density at radius 2 is 2.00 bits per heavy atom. The number of nitrogens with one attached hydrogen (secondary N) is 1. The first kappa shape index (κ1) is 15.4. The predicted molar refractivity (Wildman–Crippen MR) is 88.2 cm³/mol. The molecule has 1 N–H and O–H groups in total. The Balaban J connectivity index is 1.76. The van der Waals surface area contributed by atoms with E-state index < -0.39 is 0 Å². The van der Waals surface area contributed by atoms with Gasteiger partial charge < -0.3 is 5.32 Å². The van der Waals surface area contributed by atoms with Gasteiger partial charge in [0, 0.05) is 18.3 Å². The lowest BCUT2D eigenvalue weighted by molar-refractivity contribution is 0.221. The minimum atomic E-state index is 0.621. The van der Waals surface area contributed by atoms with Crippen LogP contribution in [0.5, 0.6) is 0 Å². The molecule has 2 atom stereocenters. The van der Waals surface area contributed by atoms with Crippen LogP contribution in [-0.4, -0.2) is 30.6 Å². The molecule has 0 aromatic heterocycles. The van der Waals surface area contributed by atoms with Crippen molar-refractivity contribution in [1.82, 2.24) is 4.90 Å². The van der Waals surface area contributed by atoms with Crippen molar-refractivity contribution in [2.75, 3.05) is 25.0 Å². The molecule has 2 unspecified atom stereocenters. The zero-order valence-corrected chi connectivity index (χ0v) is 13.1. The van der Waals surface area contributed by atoms with Gasteiger partial charge in [0.1, 0.15) is 0 Å². The van der Waals surface area contributed by atoms with Gasteiger partial charge >= 0.3 is 0 Å². The van der Waals surface area contributed by atoms with E-state index in [4.69, 9.17) is 0 Å². The standard InChI is InChI=1S/C18H30N2/c1-3-8-17-9-7-13-20(14-12-17)16(2)15-19-18-10-5-4-6-11-18/h4-6,10-11,16-17,19H,3,7-9,12-15H2,1-2H3. The summed E-state index contributed by atoms with van der Waals surface area (Å²) in [7, 11) is 0. The molecule has 2 nitrogen and oxygen atoms in total. The van der Waals surface area contributed by atoms with Crippen molar-refractivity contribution >= 4 is 5.69 Å². The molecule has 2 heteroatoms. The smallest absolute Gasteiger partial charge is 0.0340 e. The zero-order chi connectivity index (χ0) is 14.2. The number of benzene rings is 1. The van der Waals surface area contributed by atoms with Gasteiger partial charge in [-0.25, -0.2) is 0 Å². The summed E-state index contributed by atoms with van der Waals surface area (Å²) in [4.78, 5) is 2.67. The summed E-state index contributed by atoms with van der Waals surface area (Å²) in [6.45, 7) is 8.27. The molecule has 0 spiro atoms. The average molecular weight is 274 g/mol. The summed E-state index contributed by atoms with van der Waals surface area (Å²) in [5.74, 6) is 0.972. The first-order valence-corrected chi connectivity index (χ1v) is 8.32. The van der Waals surface area contributed by atoms with E-state index in [1.54, 1.807) is 0 Å². The van der Waals surface area contributed by atoms with Crippen LogP contribution in [0.3, 0.4) is 0 Å². The van der Waals surface area contributed by atoms with Gasteiger partial charge in [-0.1, -0.05) is 38.0 Å². The van der Waals surface area contributed by atoms with Gasteiger partial charge in [-0.15, -0.1) is 0 Å². The maximum Gasteiger partial charge on any atom is 0.0340 e. The Kier molecular flexibility index (Phi) is 6.38. The van der Waals surface area contributed by atoms with E-state index in [2.05, 4.69) is 54.4 Å². The van der Waals surface area contributed by atoms with Gasteiger partial charge in [0.2, 0.25) is 0 Å². The molecule has 1 saturated heterocycles. The number of rotatable bonds is 6. The number of anilines is 1. The highest BCUT2D eigenvalue weighted by Crippen LogP contribution is 2.23. The van der Waals surface area contributed by atoms with Crippen LogP contribution in [0, 0.1) is 5.92 Å². The largest absolute Gasteiger partial charge is 0.383 e. The highest BCUT2D eigenvalue weighted by Gasteiger charge is 2.19. The molecule has 1 fully saturated rings. The second kappa shape index (κ2) is 8.31. The lowest BCUT2D eigenvalue weighted by atomic mass is 9.96. The topological polar surface area (TPSA) is 15.3 Å². The van der Waals surface area contributed by atoms with E-state index in [-0.39, 0.29) is 0 Å². The van der Waals surface area contributed by atoms with E-state index in [1.165, 1.54) is 50.9 Å². The maximum atomic E-state index is 3.56. The second-order valence-electron chi connectivity index (χ2n) is 6.22. The molecule has 1 aliphatic heterocycles. The van der Waals surface area contributed by atoms with Crippen molar-refractivity contribution in [2.24, 2.45) is 5.92 Å². The summed E-state index contributed by atoms with van der Waals surface area (Å²) in [6.07, 6.45) is 6.97. The lowest BCUT2D eigenvalue weighted by Crippen LogP contribution is -2.38. The van der Waals surface area contributed by atoms with Crippen LogP contribution in [-0.2, 0) is 0 Å². The number of para-hydroxylation sites is 1. The molecule has 0 aliphatic carbocycles. The molecule has 20 heavy (non-hydrogen) atoms. The van der Waals surface area contributed by atoms with Crippen LogP contribution in [0.25, 0.3) is 0 Å². The maximum absolute atomic E-state index is 3.56. The van der Waals surface area contributed by atoms with Crippen LogP contribution in [0.15, 0.2) is 30.3 Å². The highest BCUT2D eigenvalue weighted by atomic mass is 15.2. The molecule has 1 aromatic carbocycles. The fourth-order valence-corrected chi connectivity index (χ4v) is 3.28. The fraction of sp³-hybridized carbons (Fsp3) is 0.667. The third kappa shape index (κ3) is 4.82. The Morgan fingerprint density at radius 3 is 2.75 bits per heavy atom. The van der Waals surface area contributed by atoms with E-state index in [0.717, 1.165) is 12.5 Å². The van der Waals surface area contributed by atoms with E-state index in [9.17, 15) is 0 Å². The quantitative estimate of drug-likeness (QED) is 0.827. The molecule has 0 amide bonds. The Hall–Kier alpha value is -1.02. The Labute approximate surface area is 124 Å². The van der Waals surface area contributed by atoms with Crippen molar-refractivity contribution in [1.29, 1.82) is 0 Å². The van der Waals surface area contributed by atoms with Crippen molar-refractivity contribution < 1.29 is 0 Å². The van der Waals surface area contributed by atoms with Crippen LogP contribution in [0.2, 0.25) is 0 Å². The summed E-state index contributed by atoms with van der Waals surface area (Å²) in [6, 6.07) is 11.2. The summed E-state index contributed by atoms with van der Waals surface area (Å²) < 4.78 is 0. The van der Waals surface area contributed by atoms with Crippen LogP contribution in [0.1, 0.15) is 46.0 Å². The molecule has 0 saturated carbocycles. The monoisotopic (exact) mass is 274 g/mol. The summed E-state index contributed by atoms with van der Waals surface area (Å²) >= 11 is 0. The Bertz CT molecular complexity index is 363. The molecule has 0 bridgehead atoms. The first-order valence-electron chi connectivity index (χ1n) is 8.32. The zero-order valence-electron chi connectivity index (χ0n) is 13.1. The van der Waals surface area contributed by atoms with Gasteiger partial charge in [-0.3, -0.25) is 4.90 Å². The predicted octanol–water partition coefficient (Wildman–Crippen LogP) is 4.39. The minimum Gasteiger partial charge on any atom is -0.383 e. The lowest BCUT2D eigenvalue weighted by Gasteiger charge is -2.28. The second-order valence-corrected chi connectivity index (χ2v) is 6.22. The molecule has 1 heterocycles. The summed E-state index contributed by atoms with van der Waals surface area (Å²) in [5, 5.41) is 3.56. The number of hydrogen-bond acceptors (Lipinski definition) is 2. The molecule has 1 aromatic rings. The van der Waals surface area contributed by atoms with Gasteiger partial charge in [-0.05, 0) is 57.3 Å². The van der Waals surface area contributed by atoms with Gasteiger partial charge in [-0.2, -0.15) is 0 Å². The highest BCUT2D eigenvalue weighted by molar-refractivity contribution is 5.42. The van der Waals surface area contributed by atoms with Gasteiger partial charge in [0.15, 0.2) is 0 Å². The number of hydrogen-bond donors (Lipinski definition) is 1. The minimum absolute atomic E-state index is 0.621. The fourth-order valence-electron chi connectivity index (χ4n) is 3.28. The SMILES string of the molecule is CCCC1CCCN(C(C)CNc2ccccc2)CC1. The average Bonchev–Trinajstić information content (AvgIpc) is 2.72. The van der Waals surface area contributed by atoms with Gasteiger partial charge in [0.25, 0.3) is 0 Å². The first-order chi connectivity index (χ1) is 9.79. The van der Waals surface area contributed by atoms with Crippen molar-refractivity contribution in [3.8, 4) is 0 Å². The molecular formula is C18H30N2. The van der Waals surface area contributed by atoms with E-state index >= 15 is 0 Å².